The number of aryl methyl sites for hydroxylation is 1. The lowest BCUT2D eigenvalue weighted by molar-refractivity contribution is -0.130. The van der Waals surface area contributed by atoms with E-state index in [1.165, 1.54) is 16.0 Å². The molecule has 2 aliphatic heterocycles. The summed E-state index contributed by atoms with van der Waals surface area (Å²) in [5.41, 5.74) is 1.95. The number of urea groups is 1. The van der Waals surface area contributed by atoms with Crippen LogP contribution in [0.2, 0.25) is 0 Å². The molecule has 0 radical (unpaired) electrons. The molecule has 0 unspecified atom stereocenters. The Bertz CT molecular complexity index is 651. The molecule has 2 aliphatic rings. The van der Waals surface area contributed by atoms with Gasteiger partial charge in [-0.15, -0.1) is 0 Å². The van der Waals surface area contributed by atoms with Crippen LogP contribution in [-0.2, 0) is 11.3 Å². The van der Waals surface area contributed by atoms with Crippen molar-refractivity contribution >= 4 is 11.9 Å². The zero-order valence-corrected chi connectivity index (χ0v) is 15.4. The van der Waals surface area contributed by atoms with Gasteiger partial charge < -0.3 is 5.32 Å². The van der Waals surface area contributed by atoms with Gasteiger partial charge in [-0.25, -0.2) is 4.79 Å². The fraction of sp³-hybridized carbons (Fsp3) is 0.579. The molecule has 136 valence electrons. The van der Waals surface area contributed by atoms with Crippen molar-refractivity contribution < 1.29 is 9.59 Å². The summed E-state index contributed by atoms with van der Waals surface area (Å²) in [5.74, 6) is -0.129. The van der Waals surface area contributed by atoms with Crippen LogP contribution in [0, 0.1) is 6.92 Å². The Morgan fingerprint density at radius 3 is 2.24 bits per heavy atom. The molecule has 0 saturated carbocycles. The smallest absolute Gasteiger partial charge is 0.324 e. The summed E-state index contributed by atoms with van der Waals surface area (Å²) >= 11 is 0. The molecule has 0 aromatic heterocycles. The Balaban J connectivity index is 1.45. The number of carbonyl (C=O) groups excluding carboxylic acids is 2. The zero-order chi connectivity index (χ0) is 18.0. The van der Waals surface area contributed by atoms with Crippen molar-refractivity contribution in [1.82, 2.24) is 20.0 Å². The Labute approximate surface area is 149 Å². The number of imide groups is 1. The molecule has 0 bridgehead atoms. The average molecular weight is 344 g/mol. The fourth-order valence-electron chi connectivity index (χ4n) is 3.46. The van der Waals surface area contributed by atoms with Crippen molar-refractivity contribution in [1.29, 1.82) is 0 Å². The lowest BCUT2D eigenvalue weighted by Gasteiger charge is -2.35. The van der Waals surface area contributed by atoms with Crippen LogP contribution in [0.1, 0.15) is 25.0 Å². The number of hydrogen-bond donors (Lipinski definition) is 1. The maximum absolute atomic E-state index is 12.2. The maximum atomic E-state index is 12.2. The molecule has 1 N–H and O–H groups in total. The molecular weight excluding hydrogens is 316 g/mol. The minimum atomic E-state index is -0.774. The van der Waals surface area contributed by atoms with Gasteiger partial charge in [0, 0.05) is 45.8 Å². The van der Waals surface area contributed by atoms with Crippen molar-refractivity contribution in [3.05, 3.63) is 35.4 Å². The Hall–Kier alpha value is -1.92. The summed E-state index contributed by atoms with van der Waals surface area (Å²) < 4.78 is 0. The minimum Gasteiger partial charge on any atom is -0.324 e. The topological polar surface area (TPSA) is 55.9 Å². The van der Waals surface area contributed by atoms with E-state index in [2.05, 4.69) is 46.3 Å². The second-order valence-corrected chi connectivity index (χ2v) is 7.56. The highest BCUT2D eigenvalue weighted by Crippen LogP contribution is 2.17. The highest BCUT2D eigenvalue weighted by atomic mass is 16.2. The first-order valence-corrected chi connectivity index (χ1v) is 9.00. The van der Waals surface area contributed by atoms with Gasteiger partial charge in [0.05, 0.1) is 0 Å². The van der Waals surface area contributed by atoms with Crippen LogP contribution in [0.5, 0.6) is 0 Å². The van der Waals surface area contributed by atoms with E-state index in [0.29, 0.717) is 6.54 Å². The number of amides is 3. The number of nitrogens with zero attached hydrogens (tertiary/aromatic N) is 3. The SMILES string of the molecule is Cc1ccccc1CN1CCN(CCN2C(=O)NC(C)(C)C2=O)CC1. The molecule has 2 fully saturated rings. The largest absolute Gasteiger partial charge is 0.325 e. The molecule has 2 saturated heterocycles. The second-order valence-electron chi connectivity index (χ2n) is 7.56. The molecular formula is C19H28N4O2. The van der Waals surface area contributed by atoms with E-state index < -0.39 is 5.54 Å². The normalized spacial score (nSPS) is 21.6. The van der Waals surface area contributed by atoms with Gasteiger partial charge in [-0.2, -0.15) is 0 Å². The van der Waals surface area contributed by atoms with Crippen molar-refractivity contribution in [3.8, 4) is 0 Å². The van der Waals surface area contributed by atoms with E-state index in [9.17, 15) is 9.59 Å². The standard InChI is InChI=1S/C19H28N4O2/c1-15-6-4-5-7-16(15)14-22-10-8-21(9-11-22)12-13-23-17(24)19(2,3)20-18(23)25/h4-7H,8-14H2,1-3H3,(H,20,25). The molecule has 1 aromatic rings. The summed E-state index contributed by atoms with van der Waals surface area (Å²) in [7, 11) is 0. The van der Waals surface area contributed by atoms with Gasteiger partial charge in [0.2, 0.25) is 0 Å². The van der Waals surface area contributed by atoms with Crippen molar-refractivity contribution in [3.63, 3.8) is 0 Å². The van der Waals surface area contributed by atoms with Gasteiger partial charge in [0.1, 0.15) is 5.54 Å². The number of rotatable bonds is 5. The van der Waals surface area contributed by atoms with Crippen molar-refractivity contribution in [2.75, 3.05) is 39.3 Å². The lowest BCUT2D eigenvalue weighted by atomic mass is 10.1. The van der Waals surface area contributed by atoms with E-state index in [1.807, 2.05) is 0 Å². The second kappa shape index (κ2) is 7.14. The molecule has 1 aromatic carbocycles. The average Bonchev–Trinajstić information content (AvgIpc) is 2.77. The van der Waals surface area contributed by atoms with E-state index in [1.54, 1.807) is 13.8 Å². The summed E-state index contributed by atoms with van der Waals surface area (Å²) in [4.78, 5) is 30.3. The van der Waals surface area contributed by atoms with Crippen LogP contribution in [-0.4, -0.2) is 71.4 Å². The highest BCUT2D eigenvalue weighted by Gasteiger charge is 2.44. The van der Waals surface area contributed by atoms with Gasteiger partial charge in [-0.1, -0.05) is 24.3 Å². The first kappa shape index (κ1) is 17.9. The lowest BCUT2D eigenvalue weighted by Crippen LogP contribution is -2.49. The molecule has 0 aliphatic carbocycles. The zero-order valence-electron chi connectivity index (χ0n) is 15.4. The Morgan fingerprint density at radius 2 is 1.64 bits per heavy atom. The summed E-state index contributed by atoms with van der Waals surface area (Å²) in [6, 6.07) is 8.26. The van der Waals surface area contributed by atoms with Crippen molar-refractivity contribution in [2.24, 2.45) is 0 Å². The summed E-state index contributed by atoms with van der Waals surface area (Å²) in [6.45, 7) is 11.8. The van der Waals surface area contributed by atoms with Crippen LogP contribution >= 0.6 is 0 Å². The van der Waals surface area contributed by atoms with Gasteiger partial charge in [-0.3, -0.25) is 19.5 Å². The number of hydrogen-bond acceptors (Lipinski definition) is 4. The van der Waals surface area contributed by atoms with Crippen LogP contribution < -0.4 is 5.32 Å². The fourth-order valence-corrected chi connectivity index (χ4v) is 3.46. The Kier molecular flexibility index (Phi) is 5.11. The number of benzene rings is 1. The molecule has 6 heteroatoms. The molecule has 3 amide bonds. The van der Waals surface area contributed by atoms with E-state index in [-0.39, 0.29) is 11.9 Å². The van der Waals surface area contributed by atoms with Crippen molar-refractivity contribution in [2.45, 2.75) is 32.9 Å². The van der Waals surface area contributed by atoms with Crippen LogP contribution in [0.25, 0.3) is 0 Å². The van der Waals surface area contributed by atoms with Crippen LogP contribution in [0.3, 0.4) is 0 Å². The number of nitrogens with one attached hydrogen (secondary N) is 1. The maximum Gasteiger partial charge on any atom is 0.325 e. The van der Waals surface area contributed by atoms with Crippen LogP contribution in [0.15, 0.2) is 24.3 Å². The van der Waals surface area contributed by atoms with Gasteiger partial charge in [0.15, 0.2) is 0 Å². The predicted octanol–water partition coefficient (Wildman–Crippen LogP) is 1.44. The number of piperazine rings is 1. The van der Waals surface area contributed by atoms with Crippen LogP contribution in [0.4, 0.5) is 4.79 Å². The van der Waals surface area contributed by atoms with E-state index in [0.717, 1.165) is 39.3 Å². The minimum absolute atomic E-state index is 0.129. The molecule has 0 atom stereocenters. The molecule has 6 nitrogen and oxygen atoms in total. The monoisotopic (exact) mass is 344 g/mol. The third kappa shape index (κ3) is 4.02. The van der Waals surface area contributed by atoms with Gasteiger partial charge >= 0.3 is 6.03 Å². The van der Waals surface area contributed by atoms with Gasteiger partial charge in [0.25, 0.3) is 5.91 Å². The third-order valence-corrected chi connectivity index (χ3v) is 5.20. The molecule has 3 rings (SSSR count). The van der Waals surface area contributed by atoms with E-state index >= 15 is 0 Å². The predicted molar refractivity (Wildman–Crippen MR) is 97.2 cm³/mol. The third-order valence-electron chi connectivity index (χ3n) is 5.20. The van der Waals surface area contributed by atoms with Gasteiger partial charge in [-0.05, 0) is 31.9 Å². The summed E-state index contributed by atoms with van der Waals surface area (Å²) in [5, 5.41) is 2.73. The number of carbonyl (C=O) groups is 2. The first-order chi connectivity index (χ1) is 11.9. The quantitative estimate of drug-likeness (QED) is 0.822. The highest BCUT2D eigenvalue weighted by molar-refractivity contribution is 6.06. The van der Waals surface area contributed by atoms with E-state index in [4.69, 9.17) is 0 Å². The Morgan fingerprint density at radius 1 is 1.00 bits per heavy atom. The molecule has 2 heterocycles. The molecule has 0 spiro atoms. The molecule has 25 heavy (non-hydrogen) atoms. The summed E-state index contributed by atoms with van der Waals surface area (Å²) in [6.07, 6.45) is 0. The first-order valence-electron chi connectivity index (χ1n) is 9.00.